The summed E-state index contributed by atoms with van der Waals surface area (Å²) in [6.07, 6.45) is 0. The molecule has 0 aliphatic heterocycles. The van der Waals surface area contributed by atoms with Crippen molar-refractivity contribution >= 4 is 43.5 Å². The number of aromatic nitrogens is 4. The Bertz CT molecular complexity index is 3600. The van der Waals surface area contributed by atoms with Crippen molar-refractivity contribution in [2.24, 2.45) is 0 Å². The third-order valence-electron chi connectivity index (χ3n) is 12.2. The SMILES string of the molecule is c1ccc(-c2cc(-c3ccc(-n4c5ccccc5c5ccccc54)cc3)nc(-c3cccc(-c4cccc5c4ccc4nc(-c6ccccc6)cc(-c6ccccc6)c45)c3)n2)cc1. The molecule has 12 rings (SSSR count). The van der Waals surface area contributed by atoms with Crippen LogP contribution in [0.5, 0.6) is 0 Å². The Labute approximate surface area is 365 Å². The number of benzene rings is 9. The normalized spacial score (nSPS) is 11.5. The summed E-state index contributed by atoms with van der Waals surface area (Å²) < 4.78 is 2.35. The van der Waals surface area contributed by atoms with Crippen molar-refractivity contribution in [1.82, 2.24) is 19.5 Å². The largest absolute Gasteiger partial charge is 0.309 e. The zero-order chi connectivity index (χ0) is 41.7. The Balaban J connectivity index is 0.976. The smallest absolute Gasteiger partial charge is 0.160 e. The Morgan fingerprint density at radius 1 is 0.286 bits per heavy atom. The monoisotopic (exact) mass is 802 g/mol. The first kappa shape index (κ1) is 36.4. The molecule has 0 saturated heterocycles. The van der Waals surface area contributed by atoms with E-state index in [4.69, 9.17) is 15.0 Å². The van der Waals surface area contributed by atoms with E-state index in [1.165, 1.54) is 21.8 Å². The van der Waals surface area contributed by atoms with Crippen molar-refractivity contribution in [2.75, 3.05) is 0 Å². The third-order valence-corrected chi connectivity index (χ3v) is 12.2. The molecule has 0 spiro atoms. The molecule has 0 unspecified atom stereocenters. The van der Waals surface area contributed by atoms with Crippen LogP contribution in [0.3, 0.4) is 0 Å². The van der Waals surface area contributed by atoms with E-state index in [0.717, 1.165) is 89.0 Å². The average molecular weight is 803 g/mol. The summed E-state index contributed by atoms with van der Waals surface area (Å²) >= 11 is 0. The van der Waals surface area contributed by atoms with Gasteiger partial charge in [-0.05, 0) is 81.6 Å². The van der Waals surface area contributed by atoms with Crippen molar-refractivity contribution in [3.05, 3.63) is 231 Å². The predicted octanol–water partition coefficient (Wildman–Crippen LogP) is 15.3. The Hall–Kier alpha value is -8.47. The summed E-state index contributed by atoms with van der Waals surface area (Å²) in [6, 6.07) is 81.5. The number of fused-ring (bicyclic) bond motifs is 6. The van der Waals surface area contributed by atoms with Gasteiger partial charge in [-0.15, -0.1) is 0 Å². The van der Waals surface area contributed by atoms with E-state index in [1.807, 2.05) is 12.1 Å². The van der Waals surface area contributed by atoms with Crippen LogP contribution in [0.15, 0.2) is 231 Å². The van der Waals surface area contributed by atoms with Gasteiger partial charge in [0.25, 0.3) is 0 Å². The highest BCUT2D eigenvalue weighted by atomic mass is 15.0. The number of hydrogen-bond acceptors (Lipinski definition) is 3. The van der Waals surface area contributed by atoms with Crippen LogP contribution < -0.4 is 0 Å². The zero-order valence-corrected chi connectivity index (χ0v) is 34.2. The maximum atomic E-state index is 5.28. The average Bonchev–Trinajstić information content (AvgIpc) is 3.71. The molecule has 0 saturated carbocycles. The van der Waals surface area contributed by atoms with Gasteiger partial charge >= 0.3 is 0 Å². The first-order chi connectivity index (χ1) is 31.2. The van der Waals surface area contributed by atoms with Gasteiger partial charge in [0, 0.05) is 44.1 Å². The van der Waals surface area contributed by atoms with Crippen LogP contribution in [0.25, 0.3) is 117 Å². The molecule has 9 aromatic carbocycles. The van der Waals surface area contributed by atoms with Crippen LogP contribution in [0.1, 0.15) is 0 Å². The number of rotatable bonds is 7. The highest BCUT2D eigenvalue weighted by Gasteiger charge is 2.17. The van der Waals surface area contributed by atoms with Crippen LogP contribution >= 0.6 is 0 Å². The molecule has 4 nitrogen and oxygen atoms in total. The molecular weight excluding hydrogens is 765 g/mol. The quantitative estimate of drug-likeness (QED) is 0.151. The van der Waals surface area contributed by atoms with Gasteiger partial charge in [-0.3, -0.25) is 0 Å². The topological polar surface area (TPSA) is 43.6 Å². The van der Waals surface area contributed by atoms with E-state index in [2.05, 4.69) is 223 Å². The van der Waals surface area contributed by atoms with Gasteiger partial charge in [-0.25, -0.2) is 15.0 Å². The summed E-state index contributed by atoms with van der Waals surface area (Å²) in [6.45, 7) is 0. The number of hydrogen-bond donors (Lipinski definition) is 0. The van der Waals surface area contributed by atoms with Gasteiger partial charge in [0.1, 0.15) is 0 Å². The molecule has 12 aromatic rings. The first-order valence-electron chi connectivity index (χ1n) is 21.4. The van der Waals surface area contributed by atoms with Crippen LogP contribution in [0.2, 0.25) is 0 Å². The minimum Gasteiger partial charge on any atom is -0.309 e. The molecule has 0 aliphatic rings. The molecule has 0 bridgehead atoms. The first-order valence-corrected chi connectivity index (χ1v) is 21.4. The molecule has 294 valence electrons. The molecule has 0 radical (unpaired) electrons. The molecule has 0 atom stereocenters. The van der Waals surface area contributed by atoms with Gasteiger partial charge in [0.2, 0.25) is 0 Å². The van der Waals surface area contributed by atoms with E-state index in [0.29, 0.717) is 5.82 Å². The number of para-hydroxylation sites is 2. The van der Waals surface area contributed by atoms with Crippen molar-refractivity contribution in [3.8, 4) is 73.1 Å². The van der Waals surface area contributed by atoms with Gasteiger partial charge in [-0.1, -0.05) is 182 Å². The lowest BCUT2D eigenvalue weighted by Crippen LogP contribution is -1.97. The van der Waals surface area contributed by atoms with Crippen molar-refractivity contribution in [3.63, 3.8) is 0 Å². The van der Waals surface area contributed by atoms with E-state index in [-0.39, 0.29) is 0 Å². The second-order valence-electron chi connectivity index (χ2n) is 16.0. The van der Waals surface area contributed by atoms with E-state index >= 15 is 0 Å². The maximum Gasteiger partial charge on any atom is 0.160 e. The molecule has 0 amide bonds. The van der Waals surface area contributed by atoms with Crippen LogP contribution in [0.4, 0.5) is 0 Å². The van der Waals surface area contributed by atoms with Gasteiger partial charge < -0.3 is 4.57 Å². The highest BCUT2D eigenvalue weighted by molar-refractivity contribution is 6.17. The van der Waals surface area contributed by atoms with Crippen LogP contribution in [-0.4, -0.2) is 19.5 Å². The van der Waals surface area contributed by atoms with E-state index in [9.17, 15) is 0 Å². The maximum absolute atomic E-state index is 5.28. The second kappa shape index (κ2) is 15.2. The lowest BCUT2D eigenvalue weighted by molar-refractivity contribution is 1.17. The fourth-order valence-electron chi connectivity index (χ4n) is 9.24. The van der Waals surface area contributed by atoms with Crippen molar-refractivity contribution < 1.29 is 0 Å². The van der Waals surface area contributed by atoms with Crippen molar-refractivity contribution in [1.29, 1.82) is 0 Å². The summed E-state index contributed by atoms with van der Waals surface area (Å²) in [7, 11) is 0. The molecule has 0 fully saturated rings. The standard InChI is InChI=1S/C59H38N4/c1-4-16-39(17-5-1)51-37-53(40-18-6-2-7-19-40)60-52-35-34-47-46(26-15-27-50(47)58(51)52)43-22-14-23-44(36-43)59-61-54(41-20-8-3-9-21-41)38-55(62-59)42-30-32-45(33-31-42)63-56-28-12-10-24-48(56)49-25-11-13-29-57(49)63/h1-38H. The number of nitrogens with zero attached hydrogens (tertiary/aromatic N) is 4. The van der Waals surface area contributed by atoms with Gasteiger partial charge in [0.15, 0.2) is 5.82 Å². The molecule has 4 heteroatoms. The summed E-state index contributed by atoms with van der Waals surface area (Å²) in [5, 5.41) is 5.96. The van der Waals surface area contributed by atoms with Gasteiger partial charge in [0.05, 0.1) is 33.6 Å². The summed E-state index contributed by atoms with van der Waals surface area (Å²) in [4.78, 5) is 15.7. The summed E-state index contributed by atoms with van der Waals surface area (Å²) in [5.74, 6) is 0.675. The Morgan fingerprint density at radius 2 is 0.794 bits per heavy atom. The molecule has 3 aromatic heterocycles. The zero-order valence-electron chi connectivity index (χ0n) is 34.2. The van der Waals surface area contributed by atoms with E-state index < -0.39 is 0 Å². The second-order valence-corrected chi connectivity index (χ2v) is 16.0. The molecule has 63 heavy (non-hydrogen) atoms. The lowest BCUT2D eigenvalue weighted by atomic mass is 9.91. The minimum absolute atomic E-state index is 0.675. The highest BCUT2D eigenvalue weighted by Crippen LogP contribution is 2.40. The Morgan fingerprint density at radius 3 is 1.44 bits per heavy atom. The summed E-state index contributed by atoms with van der Waals surface area (Å²) in [5.41, 5.74) is 15.8. The molecule has 0 aliphatic carbocycles. The number of pyridine rings is 1. The van der Waals surface area contributed by atoms with E-state index in [1.54, 1.807) is 0 Å². The molecule has 3 heterocycles. The fraction of sp³-hybridized carbons (Fsp3) is 0. The van der Waals surface area contributed by atoms with Crippen molar-refractivity contribution in [2.45, 2.75) is 0 Å². The van der Waals surface area contributed by atoms with Crippen LogP contribution in [0, 0.1) is 0 Å². The fourth-order valence-corrected chi connectivity index (χ4v) is 9.24. The lowest BCUT2D eigenvalue weighted by Gasteiger charge is -2.15. The van der Waals surface area contributed by atoms with Gasteiger partial charge in [-0.2, -0.15) is 0 Å². The molecule has 0 N–H and O–H groups in total. The Kier molecular flexibility index (Phi) is 8.79. The minimum atomic E-state index is 0.675. The predicted molar refractivity (Wildman–Crippen MR) is 262 cm³/mol. The van der Waals surface area contributed by atoms with Crippen LogP contribution in [-0.2, 0) is 0 Å². The third kappa shape index (κ3) is 6.44. The molecular formula is C59H38N4.